The summed E-state index contributed by atoms with van der Waals surface area (Å²) in [5.74, 6) is 0.851. The lowest BCUT2D eigenvalue weighted by Crippen LogP contribution is -1.90. The van der Waals surface area contributed by atoms with Crippen LogP contribution in [0, 0.1) is 6.92 Å². The van der Waals surface area contributed by atoms with E-state index < -0.39 is 0 Å². The third-order valence-corrected chi connectivity index (χ3v) is 4.04. The number of nitrogens with zero attached hydrogens (tertiary/aromatic N) is 3. The van der Waals surface area contributed by atoms with Crippen molar-refractivity contribution in [1.82, 2.24) is 9.97 Å². The fourth-order valence-electron chi connectivity index (χ4n) is 2.90. The fraction of sp³-hybridized carbons (Fsp3) is 0.0500. The van der Waals surface area contributed by atoms with E-state index in [4.69, 9.17) is 4.42 Å². The molecule has 0 aliphatic carbocycles. The molecule has 3 heterocycles. The van der Waals surface area contributed by atoms with Crippen LogP contribution in [0.2, 0.25) is 0 Å². The number of hydrogen-bond donors (Lipinski definition) is 0. The standard InChI is InChI=1S/C20H15N3O/c1-13-16(14-6-3-4-8-19(14)24-13)12-18(21-2)15-9-11-22-17-7-5-10-23-20(15)17/h3-12H,2H2,1H3/b18-12-. The van der Waals surface area contributed by atoms with Crippen LogP contribution >= 0.6 is 0 Å². The lowest BCUT2D eigenvalue weighted by Gasteiger charge is -2.05. The van der Waals surface area contributed by atoms with Crippen molar-refractivity contribution >= 4 is 40.5 Å². The fourth-order valence-corrected chi connectivity index (χ4v) is 2.90. The highest BCUT2D eigenvalue weighted by atomic mass is 16.3. The second kappa shape index (κ2) is 5.74. The van der Waals surface area contributed by atoms with Gasteiger partial charge in [-0.15, -0.1) is 0 Å². The first-order valence-corrected chi connectivity index (χ1v) is 7.64. The van der Waals surface area contributed by atoms with Crippen LogP contribution in [0.3, 0.4) is 0 Å². The minimum atomic E-state index is 0.746. The number of aliphatic imine (C=N–C) groups is 1. The van der Waals surface area contributed by atoms with Gasteiger partial charge in [0.15, 0.2) is 0 Å². The van der Waals surface area contributed by atoms with E-state index in [0.29, 0.717) is 0 Å². The molecular formula is C20H15N3O. The van der Waals surface area contributed by atoms with Crippen molar-refractivity contribution in [3.05, 3.63) is 71.7 Å². The third-order valence-electron chi connectivity index (χ3n) is 4.04. The van der Waals surface area contributed by atoms with E-state index in [0.717, 1.165) is 44.6 Å². The van der Waals surface area contributed by atoms with Crippen molar-refractivity contribution in [1.29, 1.82) is 0 Å². The summed E-state index contributed by atoms with van der Waals surface area (Å²) in [4.78, 5) is 13.0. The van der Waals surface area contributed by atoms with Crippen LogP contribution < -0.4 is 0 Å². The lowest BCUT2D eigenvalue weighted by atomic mass is 10.1. The third kappa shape index (κ3) is 2.29. The summed E-state index contributed by atoms with van der Waals surface area (Å²) >= 11 is 0. The molecule has 0 aliphatic rings. The number of fused-ring (bicyclic) bond motifs is 2. The molecule has 0 radical (unpaired) electrons. The number of hydrogen-bond acceptors (Lipinski definition) is 4. The van der Waals surface area contributed by atoms with E-state index in [2.05, 4.69) is 21.7 Å². The zero-order valence-electron chi connectivity index (χ0n) is 13.2. The maximum Gasteiger partial charge on any atom is 0.134 e. The van der Waals surface area contributed by atoms with Gasteiger partial charge in [-0.1, -0.05) is 18.2 Å². The molecule has 0 N–H and O–H groups in total. The summed E-state index contributed by atoms with van der Waals surface area (Å²) in [6.45, 7) is 5.69. The molecule has 3 aromatic heterocycles. The Bertz CT molecular complexity index is 1090. The SMILES string of the molecule is C=N/C(=C\c1c(C)oc2ccccc12)c1ccnc2cccnc12. The van der Waals surface area contributed by atoms with Gasteiger partial charge in [0.05, 0.1) is 16.7 Å². The minimum Gasteiger partial charge on any atom is -0.461 e. The maximum absolute atomic E-state index is 5.83. The minimum absolute atomic E-state index is 0.746. The van der Waals surface area contributed by atoms with Crippen LogP contribution in [0.5, 0.6) is 0 Å². The van der Waals surface area contributed by atoms with E-state index in [-0.39, 0.29) is 0 Å². The average molecular weight is 313 g/mol. The van der Waals surface area contributed by atoms with Gasteiger partial charge in [0.1, 0.15) is 11.3 Å². The van der Waals surface area contributed by atoms with Gasteiger partial charge in [-0.3, -0.25) is 15.0 Å². The molecule has 0 unspecified atom stereocenters. The highest BCUT2D eigenvalue weighted by Crippen LogP contribution is 2.31. The van der Waals surface area contributed by atoms with E-state index in [9.17, 15) is 0 Å². The molecular weight excluding hydrogens is 298 g/mol. The van der Waals surface area contributed by atoms with Gasteiger partial charge in [0.25, 0.3) is 0 Å². The molecule has 0 atom stereocenters. The molecule has 0 saturated heterocycles. The second-order valence-electron chi connectivity index (χ2n) is 5.49. The van der Waals surface area contributed by atoms with E-state index >= 15 is 0 Å². The number of furan rings is 1. The maximum atomic E-state index is 5.83. The van der Waals surface area contributed by atoms with Crippen LogP contribution in [0.1, 0.15) is 16.9 Å². The Morgan fingerprint density at radius 3 is 2.83 bits per heavy atom. The molecule has 0 amide bonds. The van der Waals surface area contributed by atoms with Gasteiger partial charge in [0.2, 0.25) is 0 Å². The van der Waals surface area contributed by atoms with Gasteiger partial charge >= 0.3 is 0 Å². The van der Waals surface area contributed by atoms with Gasteiger partial charge < -0.3 is 4.42 Å². The molecule has 0 aliphatic heterocycles. The average Bonchev–Trinajstić information content (AvgIpc) is 2.94. The first kappa shape index (κ1) is 14.3. The van der Waals surface area contributed by atoms with E-state index in [1.165, 1.54) is 0 Å². The molecule has 0 saturated carbocycles. The van der Waals surface area contributed by atoms with Crippen LogP contribution in [-0.2, 0) is 0 Å². The van der Waals surface area contributed by atoms with Crippen molar-refractivity contribution in [2.75, 3.05) is 0 Å². The number of pyridine rings is 2. The Hall–Kier alpha value is -3.27. The molecule has 4 heteroatoms. The molecule has 0 fully saturated rings. The van der Waals surface area contributed by atoms with E-state index in [1.807, 2.05) is 55.5 Å². The number of para-hydroxylation sites is 1. The summed E-state index contributed by atoms with van der Waals surface area (Å²) in [6, 6.07) is 13.7. The summed E-state index contributed by atoms with van der Waals surface area (Å²) in [7, 11) is 0. The summed E-state index contributed by atoms with van der Waals surface area (Å²) in [5.41, 5.74) is 5.16. The van der Waals surface area contributed by atoms with E-state index in [1.54, 1.807) is 12.4 Å². The van der Waals surface area contributed by atoms with Gasteiger partial charge in [-0.2, -0.15) is 0 Å². The summed E-state index contributed by atoms with van der Waals surface area (Å²) in [6.07, 6.45) is 5.52. The predicted octanol–water partition coefficient (Wildman–Crippen LogP) is 4.88. The molecule has 4 rings (SSSR count). The monoisotopic (exact) mass is 313 g/mol. The van der Waals surface area contributed by atoms with Crippen LogP contribution in [0.4, 0.5) is 0 Å². The predicted molar refractivity (Wildman–Crippen MR) is 97.9 cm³/mol. The van der Waals surface area contributed by atoms with Crippen LogP contribution in [-0.4, -0.2) is 16.7 Å². The number of aromatic nitrogens is 2. The number of aryl methyl sites for hydroxylation is 1. The first-order chi connectivity index (χ1) is 11.8. The largest absolute Gasteiger partial charge is 0.461 e. The van der Waals surface area contributed by atoms with Crippen molar-refractivity contribution in [2.45, 2.75) is 6.92 Å². The number of rotatable bonds is 3. The molecule has 4 aromatic rings. The zero-order valence-corrected chi connectivity index (χ0v) is 13.2. The Morgan fingerprint density at radius 2 is 1.96 bits per heavy atom. The molecule has 24 heavy (non-hydrogen) atoms. The van der Waals surface area contributed by atoms with Gasteiger partial charge in [-0.05, 0) is 44.0 Å². The Labute approximate surface area is 139 Å². The van der Waals surface area contributed by atoms with Crippen molar-refractivity contribution in [3.63, 3.8) is 0 Å². The highest BCUT2D eigenvalue weighted by molar-refractivity contribution is 5.99. The number of benzene rings is 1. The molecule has 4 nitrogen and oxygen atoms in total. The van der Waals surface area contributed by atoms with Crippen molar-refractivity contribution in [2.24, 2.45) is 4.99 Å². The Morgan fingerprint density at radius 1 is 1.08 bits per heavy atom. The highest BCUT2D eigenvalue weighted by Gasteiger charge is 2.12. The van der Waals surface area contributed by atoms with Gasteiger partial charge in [0, 0.05) is 28.9 Å². The molecule has 1 aromatic carbocycles. The second-order valence-corrected chi connectivity index (χ2v) is 5.49. The lowest BCUT2D eigenvalue weighted by molar-refractivity contribution is 0.577. The van der Waals surface area contributed by atoms with Crippen molar-refractivity contribution in [3.8, 4) is 0 Å². The molecule has 0 bridgehead atoms. The Kier molecular flexibility index (Phi) is 3.43. The smallest absolute Gasteiger partial charge is 0.134 e. The topological polar surface area (TPSA) is 51.3 Å². The normalized spacial score (nSPS) is 12.0. The Balaban J connectivity index is 1.96. The van der Waals surface area contributed by atoms with Crippen LogP contribution in [0.25, 0.3) is 33.8 Å². The quantitative estimate of drug-likeness (QED) is 0.506. The molecule has 116 valence electrons. The zero-order chi connectivity index (χ0) is 16.5. The van der Waals surface area contributed by atoms with Crippen LogP contribution in [0.15, 0.2) is 64.3 Å². The van der Waals surface area contributed by atoms with Crippen molar-refractivity contribution < 1.29 is 4.42 Å². The first-order valence-electron chi connectivity index (χ1n) is 7.64. The summed E-state index contributed by atoms with van der Waals surface area (Å²) < 4.78 is 5.83. The molecule has 0 spiro atoms. The summed E-state index contributed by atoms with van der Waals surface area (Å²) in [5, 5.41) is 1.06. The van der Waals surface area contributed by atoms with Gasteiger partial charge in [-0.25, -0.2) is 0 Å².